The molecular formula is C20H23F4N3O3. The summed E-state index contributed by atoms with van der Waals surface area (Å²) in [7, 11) is 0. The van der Waals surface area contributed by atoms with E-state index >= 15 is 0 Å². The van der Waals surface area contributed by atoms with Crippen LogP contribution in [0.25, 0.3) is 0 Å². The molecule has 1 saturated heterocycles. The number of alkyl halides is 1. The van der Waals surface area contributed by atoms with Gasteiger partial charge in [0.15, 0.2) is 11.6 Å². The second kappa shape index (κ2) is 8.23. The summed E-state index contributed by atoms with van der Waals surface area (Å²) < 4.78 is 61.4. The molecule has 1 fully saturated rings. The van der Waals surface area contributed by atoms with Crippen LogP contribution < -0.4 is 0 Å². The molecule has 30 heavy (non-hydrogen) atoms. The van der Waals surface area contributed by atoms with Crippen molar-refractivity contribution < 1.29 is 31.9 Å². The van der Waals surface area contributed by atoms with E-state index in [-0.39, 0.29) is 31.5 Å². The molecule has 0 saturated carbocycles. The van der Waals surface area contributed by atoms with E-state index in [1.807, 2.05) is 0 Å². The molecule has 3 unspecified atom stereocenters. The number of hydrogen-bond acceptors (Lipinski definition) is 4. The average molecular weight is 429 g/mol. The fourth-order valence-electron chi connectivity index (χ4n) is 3.55. The second-order valence-electron chi connectivity index (χ2n) is 8.36. The van der Waals surface area contributed by atoms with Crippen molar-refractivity contribution in [2.75, 3.05) is 13.1 Å². The molecule has 10 heteroatoms. The molecule has 0 aliphatic carbocycles. The maximum Gasteiger partial charge on any atom is 0.410 e. The molecule has 2 heterocycles. The first kappa shape index (κ1) is 22.0. The predicted molar refractivity (Wildman–Crippen MR) is 99.8 cm³/mol. The quantitative estimate of drug-likeness (QED) is 0.528. The fourth-order valence-corrected chi connectivity index (χ4v) is 3.55. The van der Waals surface area contributed by atoms with Crippen molar-refractivity contribution in [1.29, 1.82) is 0 Å². The summed E-state index contributed by atoms with van der Waals surface area (Å²) in [6.07, 6.45) is -1.000. The summed E-state index contributed by atoms with van der Waals surface area (Å²) in [5.41, 5.74) is -1.10. The van der Waals surface area contributed by atoms with Crippen molar-refractivity contribution in [3.05, 3.63) is 35.1 Å². The van der Waals surface area contributed by atoms with Crippen LogP contribution >= 0.6 is 0 Å². The maximum atomic E-state index is 14.8. The zero-order chi connectivity index (χ0) is 22.2. The van der Waals surface area contributed by atoms with Gasteiger partial charge in [0.25, 0.3) is 0 Å². The van der Waals surface area contributed by atoms with E-state index < -0.39 is 53.2 Å². The zero-order valence-electron chi connectivity index (χ0n) is 16.9. The van der Waals surface area contributed by atoms with Gasteiger partial charge < -0.3 is 9.64 Å². The number of likely N-dealkylation sites (tertiary alicyclic amines) is 1. The van der Waals surface area contributed by atoms with Crippen LogP contribution in [0.5, 0.6) is 0 Å². The number of piperidine rings is 1. The third kappa shape index (κ3) is 4.57. The second-order valence-corrected chi connectivity index (χ2v) is 8.36. The number of hydrogen-bond donors (Lipinski definition) is 0. The first-order valence-corrected chi connectivity index (χ1v) is 9.60. The molecule has 2 amide bonds. The fraction of sp³-hybridized carbons (Fsp3) is 0.550. The largest absolute Gasteiger partial charge is 0.444 e. The van der Waals surface area contributed by atoms with Crippen LogP contribution in [-0.2, 0) is 9.53 Å². The molecule has 1 aromatic rings. The highest BCUT2D eigenvalue weighted by Crippen LogP contribution is 2.35. The third-order valence-electron chi connectivity index (χ3n) is 4.95. The summed E-state index contributed by atoms with van der Waals surface area (Å²) in [5.74, 6) is -5.49. The lowest BCUT2D eigenvalue weighted by Gasteiger charge is -2.36. The number of carbonyl (C=O) groups excluding carboxylic acids is 2. The summed E-state index contributed by atoms with van der Waals surface area (Å²) in [5, 5.41) is 4.75. The van der Waals surface area contributed by atoms with Crippen molar-refractivity contribution in [1.82, 2.24) is 9.91 Å². The predicted octanol–water partition coefficient (Wildman–Crippen LogP) is 3.96. The van der Waals surface area contributed by atoms with Crippen LogP contribution in [0.4, 0.5) is 22.4 Å². The standard InChI is InChI=1S/C20H23F4N3O3/c1-20(2,3)30-19(29)26-7-5-12(15(23)10-26)18(28)27-16(4-6-25-27)13-8-11(21)9-14(22)17(13)24/h6,8-9,12,15-16H,4-5,7,10H2,1-3H3. The molecule has 164 valence electrons. The number of carbonyl (C=O) groups is 2. The van der Waals surface area contributed by atoms with Gasteiger partial charge in [-0.15, -0.1) is 0 Å². The molecule has 3 atom stereocenters. The van der Waals surface area contributed by atoms with E-state index in [0.717, 1.165) is 11.1 Å². The molecule has 2 aliphatic heterocycles. The molecule has 0 radical (unpaired) electrons. The minimum absolute atomic E-state index is 0.0119. The smallest absolute Gasteiger partial charge is 0.410 e. The monoisotopic (exact) mass is 429 g/mol. The van der Waals surface area contributed by atoms with Gasteiger partial charge in [0.2, 0.25) is 5.91 Å². The van der Waals surface area contributed by atoms with Crippen molar-refractivity contribution in [3.8, 4) is 0 Å². The molecule has 0 bridgehead atoms. The van der Waals surface area contributed by atoms with Crippen molar-refractivity contribution in [3.63, 3.8) is 0 Å². The molecule has 2 aliphatic rings. The van der Waals surface area contributed by atoms with Crippen molar-refractivity contribution in [2.24, 2.45) is 11.0 Å². The van der Waals surface area contributed by atoms with E-state index in [1.165, 1.54) is 11.1 Å². The van der Waals surface area contributed by atoms with Crippen LogP contribution in [0.1, 0.15) is 45.2 Å². The van der Waals surface area contributed by atoms with Gasteiger partial charge in [0, 0.05) is 30.8 Å². The Hall–Kier alpha value is -2.65. The van der Waals surface area contributed by atoms with E-state index in [9.17, 15) is 27.2 Å². The van der Waals surface area contributed by atoms with E-state index in [4.69, 9.17) is 4.74 Å². The van der Waals surface area contributed by atoms with Gasteiger partial charge >= 0.3 is 6.09 Å². The van der Waals surface area contributed by atoms with Crippen molar-refractivity contribution >= 4 is 18.2 Å². The Kier molecular flexibility index (Phi) is 6.05. The van der Waals surface area contributed by atoms with Crippen molar-refractivity contribution in [2.45, 2.75) is 51.4 Å². The summed E-state index contributed by atoms with van der Waals surface area (Å²) in [6, 6.07) is 0.139. The van der Waals surface area contributed by atoms with Gasteiger partial charge in [0.05, 0.1) is 18.5 Å². The molecule has 3 rings (SSSR count). The van der Waals surface area contributed by atoms with Gasteiger partial charge in [-0.1, -0.05) is 0 Å². The third-order valence-corrected chi connectivity index (χ3v) is 4.95. The van der Waals surface area contributed by atoms with Gasteiger partial charge in [-0.25, -0.2) is 27.4 Å². The molecular weight excluding hydrogens is 406 g/mol. The summed E-state index contributed by atoms with van der Waals surface area (Å²) >= 11 is 0. The van der Waals surface area contributed by atoms with Crippen LogP contribution in [-0.4, -0.2) is 53.0 Å². The Bertz CT molecular complexity index is 872. The lowest BCUT2D eigenvalue weighted by atomic mass is 9.93. The van der Waals surface area contributed by atoms with Crippen LogP contribution in [0.3, 0.4) is 0 Å². The van der Waals surface area contributed by atoms with Gasteiger partial charge in [-0.2, -0.15) is 5.10 Å². The average Bonchev–Trinajstić information content (AvgIpc) is 3.12. The lowest BCUT2D eigenvalue weighted by molar-refractivity contribution is -0.141. The number of benzene rings is 1. The Morgan fingerprint density at radius 2 is 1.90 bits per heavy atom. The van der Waals surface area contributed by atoms with E-state index in [1.54, 1.807) is 20.8 Å². The first-order chi connectivity index (χ1) is 14.0. The number of rotatable bonds is 2. The molecule has 0 N–H and O–H groups in total. The van der Waals surface area contributed by atoms with Crippen LogP contribution in [0, 0.1) is 23.4 Å². The number of ether oxygens (including phenoxy) is 1. The number of halogens is 4. The minimum Gasteiger partial charge on any atom is -0.444 e. The first-order valence-electron chi connectivity index (χ1n) is 9.60. The SMILES string of the molecule is CC(C)(C)OC(=O)N1CCC(C(=O)N2N=CCC2c2cc(F)cc(F)c2F)C(F)C1. The highest BCUT2D eigenvalue weighted by molar-refractivity contribution is 5.83. The van der Waals surface area contributed by atoms with E-state index in [2.05, 4.69) is 5.10 Å². The van der Waals surface area contributed by atoms with Gasteiger partial charge in [0.1, 0.15) is 17.6 Å². The minimum atomic E-state index is -1.69. The molecule has 0 spiro atoms. The Labute approximate surface area is 171 Å². The lowest BCUT2D eigenvalue weighted by Crippen LogP contribution is -2.50. The Morgan fingerprint density at radius 3 is 2.53 bits per heavy atom. The number of nitrogens with zero attached hydrogens (tertiary/aromatic N) is 3. The highest BCUT2D eigenvalue weighted by atomic mass is 19.2. The highest BCUT2D eigenvalue weighted by Gasteiger charge is 2.42. The van der Waals surface area contributed by atoms with Gasteiger partial charge in [-0.05, 0) is 33.3 Å². The number of hydrazone groups is 1. The normalized spacial score (nSPS) is 24.3. The summed E-state index contributed by atoms with van der Waals surface area (Å²) in [6.45, 7) is 4.82. The van der Waals surface area contributed by atoms with Crippen LogP contribution in [0.2, 0.25) is 0 Å². The van der Waals surface area contributed by atoms with Crippen LogP contribution in [0.15, 0.2) is 17.2 Å². The van der Waals surface area contributed by atoms with E-state index in [0.29, 0.717) is 6.07 Å². The molecule has 0 aromatic heterocycles. The number of amides is 2. The Balaban J connectivity index is 1.72. The topological polar surface area (TPSA) is 62.2 Å². The summed E-state index contributed by atoms with van der Waals surface area (Å²) in [4.78, 5) is 26.2. The van der Waals surface area contributed by atoms with Gasteiger partial charge in [-0.3, -0.25) is 4.79 Å². The Morgan fingerprint density at radius 1 is 1.20 bits per heavy atom. The maximum absolute atomic E-state index is 14.8. The molecule has 1 aromatic carbocycles. The molecule has 6 nitrogen and oxygen atoms in total. The zero-order valence-corrected chi connectivity index (χ0v) is 16.9.